The Morgan fingerprint density at radius 2 is 1.81 bits per heavy atom. The van der Waals surface area contributed by atoms with Gasteiger partial charge < -0.3 is 4.57 Å². The Morgan fingerprint density at radius 1 is 1.10 bits per heavy atom. The molecule has 0 N–H and O–H groups in total. The Labute approximate surface area is 122 Å². The van der Waals surface area contributed by atoms with Crippen molar-refractivity contribution in [2.45, 2.75) is 13.5 Å². The van der Waals surface area contributed by atoms with Gasteiger partial charge in [-0.3, -0.25) is 4.79 Å². The summed E-state index contributed by atoms with van der Waals surface area (Å²) >= 11 is 0. The SMILES string of the molecule is Cc1cc(=O)n(Cc2ccccc2C#N)c2ccccc12. The van der Waals surface area contributed by atoms with Gasteiger partial charge in [0.15, 0.2) is 0 Å². The van der Waals surface area contributed by atoms with Gasteiger partial charge in [0.1, 0.15) is 0 Å². The molecule has 3 heteroatoms. The van der Waals surface area contributed by atoms with Gasteiger partial charge >= 0.3 is 0 Å². The summed E-state index contributed by atoms with van der Waals surface area (Å²) in [7, 11) is 0. The summed E-state index contributed by atoms with van der Waals surface area (Å²) in [6.07, 6.45) is 0. The number of hydrogen-bond acceptors (Lipinski definition) is 2. The van der Waals surface area contributed by atoms with Crippen LogP contribution in [0.5, 0.6) is 0 Å². The molecular formula is C18H14N2O. The molecule has 3 aromatic rings. The summed E-state index contributed by atoms with van der Waals surface area (Å²) in [6.45, 7) is 2.35. The summed E-state index contributed by atoms with van der Waals surface area (Å²) in [6, 6.07) is 19.1. The van der Waals surface area contributed by atoms with Crippen LogP contribution in [0.3, 0.4) is 0 Å². The van der Waals surface area contributed by atoms with E-state index in [0.29, 0.717) is 12.1 Å². The molecule has 0 fully saturated rings. The van der Waals surface area contributed by atoms with Crippen molar-refractivity contribution in [3.63, 3.8) is 0 Å². The number of para-hydroxylation sites is 1. The fourth-order valence-corrected chi connectivity index (χ4v) is 2.60. The number of benzene rings is 2. The standard InChI is InChI=1S/C18H14N2O/c1-13-10-18(21)20(17-9-5-4-8-16(13)17)12-15-7-3-2-6-14(15)11-19/h2-10H,12H2,1H3. The van der Waals surface area contributed by atoms with E-state index in [0.717, 1.165) is 22.0 Å². The number of aryl methyl sites for hydroxylation is 1. The average Bonchev–Trinajstić information content (AvgIpc) is 2.52. The minimum atomic E-state index is -0.0426. The minimum absolute atomic E-state index is 0.0426. The van der Waals surface area contributed by atoms with Crippen LogP contribution in [0, 0.1) is 18.3 Å². The van der Waals surface area contributed by atoms with Gasteiger partial charge in [0, 0.05) is 11.5 Å². The average molecular weight is 274 g/mol. The van der Waals surface area contributed by atoms with Crippen molar-refractivity contribution < 1.29 is 0 Å². The monoisotopic (exact) mass is 274 g/mol. The number of nitrogens with zero attached hydrogens (tertiary/aromatic N) is 2. The van der Waals surface area contributed by atoms with Gasteiger partial charge in [-0.2, -0.15) is 5.26 Å². The number of nitriles is 1. The van der Waals surface area contributed by atoms with Crippen molar-refractivity contribution in [2.75, 3.05) is 0 Å². The number of pyridine rings is 1. The van der Waals surface area contributed by atoms with Crippen LogP contribution in [0.25, 0.3) is 10.9 Å². The molecule has 1 aromatic heterocycles. The van der Waals surface area contributed by atoms with Crippen LogP contribution >= 0.6 is 0 Å². The van der Waals surface area contributed by atoms with Crippen molar-refractivity contribution in [1.29, 1.82) is 5.26 Å². The molecule has 0 atom stereocenters. The molecule has 0 aliphatic rings. The summed E-state index contributed by atoms with van der Waals surface area (Å²) in [5.41, 5.74) is 3.29. The van der Waals surface area contributed by atoms with Gasteiger partial charge in [0.2, 0.25) is 0 Å². The van der Waals surface area contributed by atoms with Crippen LogP contribution in [0.4, 0.5) is 0 Å². The summed E-state index contributed by atoms with van der Waals surface area (Å²) < 4.78 is 1.72. The van der Waals surface area contributed by atoms with Crippen molar-refractivity contribution >= 4 is 10.9 Å². The molecule has 0 unspecified atom stereocenters. The first-order valence-corrected chi connectivity index (χ1v) is 6.78. The lowest BCUT2D eigenvalue weighted by molar-refractivity contribution is 0.791. The molecule has 0 radical (unpaired) electrons. The molecule has 102 valence electrons. The van der Waals surface area contributed by atoms with Crippen molar-refractivity contribution in [2.24, 2.45) is 0 Å². The van der Waals surface area contributed by atoms with Crippen molar-refractivity contribution in [1.82, 2.24) is 4.57 Å². The molecule has 0 aliphatic carbocycles. The third-order valence-corrected chi connectivity index (χ3v) is 3.69. The molecule has 0 saturated carbocycles. The second-order valence-corrected chi connectivity index (χ2v) is 5.04. The normalized spacial score (nSPS) is 10.5. The first kappa shape index (κ1) is 13.1. The Balaban J connectivity index is 2.22. The molecular weight excluding hydrogens is 260 g/mol. The smallest absolute Gasteiger partial charge is 0.251 e. The second-order valence-electron chi connectivity index (χ2n) is 5.04. The Morgan fingerprint density at radius 3 is 2.62 bits per heavy atom. The van der Waals surface area contributed by atoms with E-state index in [1.165, 1.54) is 0 Å². The number of fused-ring (bicyclic) bond motifs is 1. The third-order valence-electron chi connectivity index (χ3n) is 3.69. The highest BCUT2D eigenvalue weighted by molar-refractivity contribution is 5.82. The molecule has 0 aliphatic heterocycles. The maximum atomic E-state index is 12.3. The minimum Gasteiger partial charge on any atom is -0.304 e. The Kier molecular flexibility index (Phi) is 3.29. The van der Waals surface area contributed by atoms with E-state index in [1.54, 1.807) is 16.7 Å². The number of aromatic nitrogens is 1. The van der Waals surface area contributed by atoms with Crippen LogP contribution < -0.4 is 5.56 Å². The summed E-state index contributed by atoms with van der Waals surface area (Å²) in [5.74, 6) is 0. The quantitative estimate of drug-likeness (QED) is 0.720. The lowest BCUT2D eigenvalue weighted by atomic mass is 10.1. The molecule has 3 nitrogen and oxygen atoms in total. The molecule has 3 rings (SSSR count). The van der Waals surface area contributed by atoms with Gasteiger partial charge in [-0.1, -0.05) is 36.4 Å². The van der Waals surface area contributed by atoms with Gasteiger partial charge in [-0.25, -0.2) is 0 Å². The molecule has 1 heterocycles. The molecule has 0 spiro atoms. The lowest BCUT2D eigenvalue weighted by Crippen LogP contribution is -2.21. The Bertz CT molecular complexity index is 916. The van der Waals surface area contributed by atoms with E-state index >= 15 is 0 Å². The highest BCUT2D eigenvalue weighted by atomic mass is 16.1. The highest BCUT2D eigenvalue weighted by Crippen LogP contribution is 2.18. The number of rotatable bonds is 2. The zero-order chi connectivity index (χ0) is 14.8. The first-order chi connectivity index (χ1) is 10.2. The van der Waals surface area contributed by atoms with Crippen LogP contribution in [0.1, 0.15) is 16.7 Å². The van der Waals surface area contributed by atoms with Crippen LogP contribution in [-0.4, -0.2) is 4.57 Å². The van der Waals surface area contributed by atoms with Gasteiger partial charge in [-0.15, -0.1) is 0 Å². The van der Waals surface area contributed by atoms with Crippen molar-refractivity contribution in [3.05, 3.63) is 81.6 Å². The van der Waals surface area contributed by atoms with Crippen LogP contribution in [-0.2, 0) is 6.54 Å². The predicted octanol–water partition coefficient (Wildman–Crippen LogP) is 3.23. The fourth-order valence-electron chi connectivity index (χ4n) is 2.60. The van der Waals surface area contributed by atoms with E-state index in [-0.39, 0.29) is 5.56 Å². The third kappa shape index (κ3) is 2.32. The van der Waals surface area contributed by atoms with Crippen LogP contribution in [0.2, 0.25) is 0 Å². The maximum absolute atomic E-state index is 12.3. The molecule has 21 heavy (non-hydrogen) atoms. The predicted molar refractivity (Wildman–Crippen MR) is 83.2 cm³/mol. The summed E-state index contributed by atoms with van der Waals surface area (Å²) in [4.78, 5) is 12.3. The zero-order valence-electron chi connectivity index (χ0n) is 11.7. The second kappa shape index (κ2) is 5.26. The van der Waals surface area contributed by atoms with E-state index in [2.05, 4.69) is 6.07 Å². The summed E-state index contributed by atoms with van der Waals surface area (Å²) in [5, 5.41) is 10.2. The highest BCUT2D eigenvalue weighted by Gasteiger charge is 2.08. The van der Waals surface area contributed by atoms with Gasteiger partial charge in [0.05, 0.1) is 23.7 Å². The van der Waals surface area contributed by atoms with Gasteiger partial charge in [0.25, 0.3) is 5.56 Å². The van der Waals surface area contributed by atoms with Crippen molar-refractivity contribution in [3.8, 4) is 6.07 Å². The van der Waals surface area contributed by atoms with E-state index in [4.69, 9.17) is 0 Å². The number of hydrogen-bond donors (Lipinski definition) is 0. The molecule has 2 aromatic carbocycles. The molecule has 0 amide bonds. The van der Waals surface area contributed by atoms with Crippen LogP contribution in [0.15, 0.2) is 59.4 Å². The maximum Gasteiger partial charge on any atom is 0.251 e. The first-order valence-electron chi connectivity index (χ1n) is 6.78. The fraction of sp³-hybridized carbons (Fsp3) is 0.111. The Hall–Kier alpha value is -2.86. The topological polar surface area (TPSA) is 45.8 Å². The molecule has 0 bridgehead atoms. The largest absolute Gasteiger partial charge is 0.304 e. The lowest BCUT2D eigenvalue weighted by Gasteiger charge is -2.12. The van der Waals surface area contributed by atoms with E-state index < -0.39 is 0 Å². The molecule has 0 saturated heterocycles. The van der Waals surface area contributed by atoms with E-state index in [9.17, 15) is 10.1 Å². The van der Waals surface area contributed by atoms with E-state index in [1.807, 2.05) is 49.4 Å². The zero-order valence-corrected chi connectivity index (χ0v) is 11.7. The van der Waals surface area contributed by atoms with Gasteiger partial charge in [-0.05, 0) is 30.2 Å².